The van der Waals surface area contributed by atoms with Crippen LogP contribution in [0.2, 0.25) is 0 Å². The molecule has 0 aliphatic rings. The Morgan fingerprint density at radius 2 is 1.90 bits per heavy atom. The lowest BCUT2D eigenvalue weighted by molar-refractivity contribution is 0.470. The third-order valence-electron chi connectivity index (χ3n) is 4.35. The van der Waals surface area contributed by atoms with E-state index in [1.165, 1.54) is 16.8 Å². The Balaban J connectivity index is 2.77. The smallest absolute Gasteiger partial charge is 0.0370 e. The Bertz CT molecular complexity index is 421. The van der Waals surface area contributed by atoms with E-state index in [-0.39, 0.29) is 5.54 Å². The van der Waals surface area contributed by atoms with E-state index in [0.717, 1.165) is 19.5 Å². The van der Waals surface area contributed by atoms with E-state index in [4.69, 9.17) is 0 Å². The minimum Gasteiger partial charge on any atom is -0.369 e. The van der Waals surface area contributed by atoms with Crippen LogP contribution in [0, 0.1) is 12.8 Å². The van der Waals surface area contributed by atoms with Gasteiger partial charge in [0.25, 0.3) is 0 Å². The van der Waals surface area contributed by atoms with Crippen molar-refractivity contribution < 1.29 is 0 Å². The molecule has 0 spiro atoms. The van der Waals surface area contributed by atoms with Gasteiger partial charge in [-0.2, -0.15) is 0 Å². The second-order valence-electron chi connectivity index (χ2n) is 6.86. The largest absolute Gasteiger partial charge is 0.369 e. The highest BCUT2D eigenvalue weighted by atomic mass is 15.2. The van der Waals surface area contributed by atoms with Gasteiger partial charge in [-0.1, -0.05) is 26.8 Å². The summed E-state index contributed by atoms with van der Waals surface area (Å²) in [6.45, 7) is 15.6. The van der Waals surface area contributed by atoms with Crippen LogP contribution in [0.25, 0.3) is 0 Å². The standard InChI is InChI=1S/C18H32N2/c1-8-18(5,6)20(7)17-10-9-16(15(4)11-17)13-19-12-14(2)3/h9-11,14,19H,8,12-13H2,1-7H3. The number of anilines is 1. The Kier molecular flexibility index (Phi) is 6.07. The quantitative estimate of drug-likeness (QED) is 0.795. The van der Waals surface area contributed by atoms with Gasteiger partial charge < -0.3 is 10.2 Å². The Morgan fingerprint density at radius 1 is 1.25 bits per heavy atom. The minimum atomic E-state index is 0.198. The molecule has 0 aliphatic carbocycles. The monoisotopic (exact) mass is 276 g/mol. The number of hydrogen-bond donors (Lipinski definition) is 1. The fraction of sp³-hybridized carbons (Fsp3) is 0.667. The highest BCUT2D eigenvalue weighted by Gasteiger charge is 2.21. The first-order valence-corrected chi connectivity index (χ1v) is 7.82. The van der Waals surface area contributed by atoms with Crippen molar-refractivity contribution >= 4 is 5.69 Å². The molecule has 1 N–H and O–H groups in total. The van der Waals surface area contributed by atoms with Gasteiger partial charge in [-0.25, -0.2) is 0 Å². The first-order valence-electron chi connectivity index (χ1n) is 7.82. The molecule has 1 aromatic rings. The Morgan fingerprint density at radius 3 is 2.40 bits per heavy atom. The molecule has 2 nitrogen and oxygen atoms in total. The topological polar surface area (TPSA) is 15.3 Å². The highest BCUT2D eigenvalue weighted by Crippen LogP contribution is 2.26. The van der Waals surface area contributed by atoms with Gasteiger partial charge in [0.1, 0.15) is 0 Å². The van der Waals surface area contributed by atoms with Crippen LogP contribution in [0.15, 0.2) is 18.2 Å². The van der Waals surface area contributed by atoms with Crippen molar-refractivity contribution in [3.63, 3.8) is 0 Å². The van der Waals surface area contributed by atoms with Crippen LogP contribution in [0.4, 0.5) is 5.69 Å². The van der Waals surface area contributed by atoms with Crippen LogP contribution in [0.1, 0.15) is 52.2 Å². The highest BCUT2D eigenvalue weighted by molar-refractivity contribution is 5.52. The lowest BCUT2D eigenvalue weighted by Crippen LogP contribution is -2.40. The van der Waals surface area contributed by atoms with E-state index in [9.17, 15) is 0 Å². The van der Waals surface area contributed by atoms with E-state index < -0.39 is 0 Å². The van der Waals surface area contributed by atoms with Crippen molar-refractivity contribution in [1.29, 1.82) is 0 Å². The molecule has 0 aliphatic heterocycles. The number of hydrogen-bond acceptors (Lipinski definition) is 2. The van der Waals surface area contributed by atoms with Crippen molar-refractivity contribution in [1.82, 2.24) is 5.32 Å². The third kappa shape index (κ3) is 4.52. The predicted molar refractivity (Wildman–Crippen MR) is 90.5 cm³/mol. The maximum absolute atomic E-state index is 3.52. The molecule has 0 amide bonds. The molecule has 0 atom stereocenters. The summed E-state index contributed by atoms with van der Waals surface area (Å²) in [5.74, 6) is 0.700. The molecule has 0 saturated carbocycles. The van der Waals surface area contributed by atoms with Crippen LogP contribution < -0.4 is 10.2 Å². The molecule has 20 heavy (non-hydrogen) atoms. The molecular weight excluding hydrogens is 244 g/mol. The summed E-state index contributed by atoms with van der Waals surface area (Å²) in [5.41, 5.74) is 4.28. The van der Waals surface area contributed by atoms with Crippen LogP contribution in [0.5, 0.6) is 0 Å². The molecule has 0 aromatic heterocycles. The lowest BCUT2D eigenvalue weighted by Gasteiger charge is -2.37. The van der Waals surface area contributed by atoms with Gasteiger partial charge in [-0.3, -0.25) is 0 Å². The van der Waals surface area contributed by atoms with Crippen LogP contribution in [-0.4, -0.2) is 19.1 Å². The van der Waals surface area contributed by atoms with E-state index >= 15 is 0 Å². The summed E-state index contributed by atoms with van der Waals surface area (Å²) in [4.78, 5) is 2.38. The second-order valence-corrected chi connectivity index (χ2v) is 6.86. The van der Waals surface area contributed by atoms with E-state index in [2.05, 4.69) is 77.0 Å². The fourth-order valence-corrected chi connectivity index (χ4v) is 2.17. The second kappa shape index (κ2) is 7.12. The zero-order valence-electron chi connectivity index (χ0n) is 14.4. The average molecular weight is 276 g/mol. The van der Waals surface area contributed by atoms with Crippen LogP contribution in [-0.2, 0) is 6.54 Å². The van der Waals surface area contributed by atoms with Crippen molar-refractivity contribution in [2.24, 2.45) is 5.92 Å². The Hall–Kier alpha value is -1.02. The molecule has 114 valence electrons. The molecule has 0 saturated heterocycles. The summed E-state index contributed by atoms with van der Waals surface area (Å²) in [5, 5.41) is 3.52. The normalized spacial score (nSPS) is 12.0. The molecule has 0 bridgehead atoms. The van der Waals surface area contributed by atoms with E-state index in [1.54, 1.807) is 0 Å². The van der Waals surface area contributed by atoms with Gasteiger partial charge in [0.15, 0.2) is 0 Å². The maximum Gasteiger partial charge on any atom is 0.0370 e. The SMILES string of the molecule is CCC(C)(C)N(C)c1ccc(CNCC(C)C)c(C)c1. The number of rotatable bonds is 7. The molecule has 2 heteroatoms. The predicted octanol–water partition coefficient (Wildman–Crippen LogP) is 4.37. The van der Waals surface area contributed by atoms with Crippen LogP contribution >= 0.6 is 0 Å². The third-order valence-corrected chi connectivity index (χ3v) is 4.35. The first-order chi connectivity index (χ1) is 9.27. The van der Waals surface area contributed by atoms with Gasteiger partial charge in [0.2, 0.25) is 0 Å². The molecule has 0 fully saturated rings. The lowest BCUT2D eigenvalue weighted by atomic mass is 9.98. The summed E-state index contributed by atoms with van der Waals surface area (Å²) >= 11 is 0. The summed E-state index contributed by atoms with van der Waals surface area (Å²) < 4.78 is 0. The van der Waals surface area contributed by atoms with E-state index in [1.807, 2.05) is 0 Å². The van der Waals surface area contributed by atoms with Gasteiger partial charge in [-0.05, 0) is 62.9 Å². The zero-order valence-corrected chi connectivity index (χ0v) is 14.4. The van der Waals surface area contributed by atoms with Crippen molar-refractivity contribution in [2.45, 2.75) is 60.0 Å². The van der Waals surface area contributed by atoms with E-state index in [0.29, 0.717) is 5.92 Å². The molecule has 1 rings (SSSR count). The number of nitrogens with zero attached hydrogens (tertiary/aromatic N) is 1. The van der Waals surface area contributed by atoms with Crippen molar-refractivity contribution in [3.05, 3.63) is 29.3 Å². The average Bonchev–Trinajstić information content (AvgIpc) is 2.39. The maximum atomic E-state index is 3.52. The Labute approximate surface area is 125 Å². The number of benzene rings is 1. The summed E-state index contributed by atoms with van der Waals surface area (Å²) in [6, 6.07) is 6.82. The van der Waals surface area contributed by atoms with Gasteiger partial charge in [0.05, 0.1) is 0 Å². The van der Waals surface area contributed by atoms with Gasteiger partial charge in [0, 0.05) is 24.8 Å². The molecule has 1 aromatic carbocycles. The van der Waals surface area contributed by atoms with Gasteiger partial charge >= 0.3 is 0 Å². The summed E-state index contributed by atoms with van der Waals surface area (Å²) in [7, 11) is 2.19. The number of nitrogens with one attached hydrogen (secondary N) is 1. The minimum absolute atomic E-state index is 0.198. The first kappa shape index (κ1) is 17.0. The summed E-state index contributed by atoms with van der Waals surface area (Å²) in [6.07, 6.45) is 1.14. The molecule has 0 heterocycles. The van der Waals surface area contributed by atoms with Crippen molar-refractivity contribution in [2.75, 3.05) is 18.5 Å². The van der Waals surface area contributed by atoms with Crippen molar-refractivity contribution in [3.8, 4) is 0 Å². The zero-order chi connectivity index (χ0) is 15.3. The fourth-order valence-electron chi connectivity index (χ4n) is 2.17. The van der Waals surface area contributed by atoms with Gasteiger partial charge in [-0.15, -0.1) is 0 Å². The van der Waals surface area contributed by atoms with Crippen LogP contribution in [0.3, 0.4) is 0 Å². The molecular formula is C18H32N2. The molecule has 0 unspecified atom stereocenters. The molecule has 0 radical (unpaired) electrons. The number of aryl methyl sites for hydroxylation is 1.